The van der Waals surface area contributed by atoms with E-state index >= 15 is 0 Å². The fraction of sp³-hybridized carbons (Fsp3) is 0.250. The van der Waals surface area contributed by atoms with Gasteiger partial charge in [0.15, 0.2) is 0 Å². The number of rotatable bonds is 2. The van der Waals surface area contributed by atoms with Gasteiger partial charge in [-0.05, 0) is 31.5 Å². The minimum Gasteiger partial charge on any atom is -0.355 e. The van der Waals surface area contributed by atoms with Gasteiger partial charge < -0.3 is 10.7 Å². The Balaban J connectivity index is 2.83. The van der Waals surface area contributed by atoms with Crippen molar-refractivity contribution in [3.8, 4) is 0 Å². The molecule has 0 fully saturated rings. The van der Waals surface area contributed by atoms with Gasteiger partial charge >= 0.3 is 0 Å². The summed E-state index contributed by atoms with van der Waals surface area (Å²) in [6, 6.07) is 7.19. The summed E-state index contributed by atoms with van der Waals surface area (Å²) in [6.45, 7) is 2.57. The third-order valence-electron chi connectivity index (χ3n) is 2.62. The predicted molar refractivity (Wildman–Crippen MR) is 62.1 cm³/mol. The molecule has 0 amide bonds. The highest BCUT2D eigenvalue weighted by atomic mass is 16.1. The SMILES string of the molecule is Cc1[nH]c2c(=O)ccccc2c1CCN. The molecule has 2 aromatic rings. The molecule has 0 bridgehead atoms. The van der Waals surface area contributed by atoms with Gasteiger partial charge in [0.2, 0.25) is 5.43 Å². The van der Waals surface area contributed by atoms with Crippen LogP contribution in [0.3, 0.4) is 0 Å². The Labute approximate surface area is 87.9 Å². The monoisotopic (exact) mass is 202 g/mol. The molecule has 0 spiro atoms. The minimum absolute atomic E-state index is 0.0290. The van der Waals surface area contributed by atoms with Crippen molar-refractivity contribution in [2.75, 3.05) is 6.54 Å². The lowest BCUT2D eigenvalue weighted by atomic mass is 10.1. The average molecular weight is 202 g/mol. The molecule has 3 nitrogen and oxygen atoms in total. The van der Waals surface area contributed by atoms with Gasteiger partial charge in [-0.25, -0.2) is 0 Å². The van der Waals surface area contributed by atoms with Gasteiger partial charge in [0.1, 0.15) is 0 Å². The third kappa shape index (κ3) is 1.66. The van der Waals surface area contributed by atoms with Gasteiger partial charge in [-0.1, -0.05) is 18.2 Å². The smallest absolute Gasteiger partial charge is 0.202 e. The summed E-state index contributed by atoms with van der Waals surface area (Å²) < 4.78 is 0. The van der Waals surface area contributed by atoms with E-state index < -0.39 is 0 Å². The first-order valence-corrected chi connectivity index (χ1v) is 5.04. The number of hydrogen-bond donors (Lipinski definition) is 2. The Morgan fingerprint density at radius 3 is 2.80 bits per heavy atom. The largest absolute Gasteiger partial charge is 0.355 e. The summed E-state index contributed by atoms with van der Waals surface area (Å²) in [5.74, 6) is 0. The lowest BCUT2D eigenvalue weighted by Crippen LogP contribution is -2.03. The maximum absolute atomic E-state index is 11.7. The minimum atomic E-state index is 0.0290. The molecule has 1 aromatic carbocycles. The van der Waals surface area contributed by atoms with Crippen LogP contribution in [0.5, 0.6) is 0 Å². The van der Waals surface area contributed by atoms with Gasteiger partial charge in [0.05, 0.1) is 5.52 Å². The first-order chi connectivity index (χ1) is 7.24. The molecule has 0 radical (unpaired) electrons. The first-order valence-electron chi connectivity index (χ1n) is 5.04. The number of aryl methyl sites for hydroxylation is 1. The van der Waals surface area contributed by atoms with Crippen molar-refractivity contribution in [3.63, 3.8) is 0 Å². The molecule has 3 N–H and O–H groups in total. The van der Waals surface area contributed by atoms with Crippen LogP contribution in [0.2, 0.25) is 0 Å². The molecule has 1 heterocycles. The van der Waals surface area contributed by atoms with Crippen LogP contribution in [0.25, 0.3) is 10.9 Å². The second kappa shape index (κ2) is 3.87. The second-order valence-electron chi connectivity index (χ2n) is 3.64. The quantitative estimate of drug-likeness (QED) is 0.772. The molecule has 0 unspecified atom stereocenters. The van der Waals surface area contributed by atoms with Crippen molar-refractivity contribution < 1.29 is 0 Å². The molecular weight excluding hydrogens is 188 g/mol. The van der Waals surface area contributed by atoms with Crippen LogP contribution < -0.4 is 11.2 Å². The molecule has 1 aromatic heterocycles. The summed E-state index contributed by atoms with van der Waals surface area (Å²) >= 11 is 0. The van der Waals surface area contributed by atoms with Crippen LogP contribution in [-0.2, 0) is 6.42 Å². The molecule has 0 aliphatic heterocycles. The van der Waals surface area contributed by atoms with E-state index in [-0.39, 0.29) is 5.43 Å². The van der Waals surface area contributed by atoms with E-state index in [1.807, 2.05) is 19.1 Å². The number of aromatic nitrogens is 1. The highest BCUT2D eigenvalue weighted by Gasteiger charge is 2.07. The fourth-order valence-corrected chi connectivity index (χ4v) is 1.91. The van der Waals surface area contributed by atoms with E-state index in [2.05, 4.69) is 4.98 Å². The molecule has 2 rings (SSSR count). The number of fused-ring (bicyclic) bond motifs is 1. The molecule has 0 aliphatic carbocycles. The highest BCUT2D eigenvalue weighted by molar-refractivity contribution is 5.83. The summed E-state index contributed by atoms with van der Waals surface area (Å²) in [5, 5.41) is 0.993. The zero-order valence-corrected chi connectivity index (χ0v) is 8.71. The van der Waals surface area contributed by atoms with E-state index in [4.69, 9.17) is 5.73 Å². The molecule has 0 atom stereocenters. The van der Waals surface area contributed by atoms with Crippen molar-refractivity contribution in [3.05, 3.63) is 45.7 Å². The van der Waals surface area contributed by atoms with E-state index in [1.54, 1.807) is 12.1 Å². The molecular formula is C12H14N2O. The maximum atomic E-state index is 11.7. The van der Waals surface area contributed by atoms with Gasteiger partial charge in [-0.3, -0.25) is 4.79 Å². The van der Waals surface area contributed by atoms with Gasteiger partial charge in [-0.2, -0.15) is 0 Å². The van der Waals surface area contributed by atoms with Crippen molar-refractivity contribution in [2.24, 2.45) is 5.73 Å². The molecule has 0 saturated heterocycles. The average Bonchev–Trinajstić information content (AvgIpc) is 2.40. The van der Waals surface area contributed by atoms with Crippen molar-refractivity contribution in [2.45, 2.75) is 13.3 Å². The van der Waals surface area contributed by atoms with Crippen molar-refractivity contribution >= 4 is 10.9 Å². The topological polar surface area (TPSA) is 58.9 Å². The van der Waals surface area contributed by atoms with Crippen LogP contribution in [-0.4, -0.2) is 11.5 Å². The van der Waals surface area contributed by atoms with Crippen LogP contribution >= 0.6 is 0 Å². The van der Waals surface area contributed by atoms with E-state index in [1.165, 1.54) is 0 Å². The zero-order valence-electron chi connectivity index (χ0n) is 8.71. The molecule has 15 heavy (non-hydrogen) atoms. The highest BCUT2D eigenvalue weighted by Crippen LogP contribution is 2.18. The normalized spacial score (nSPS) is 10.8. The number of nitrogens with one attached hydrogen (secondary N) is 1. The van der Waals surface area contributed by atoms with Crippen molar-refractivity contribution in [1.82, 2.24) is 4.98 Å². The Bertz CT molecular complexity index is 543. The predicted octanol–water partition coefficient (Wildman–Crippen LogP) is 1.34. The second-order valence-corrected chi connectivity index (χ2v) is 3.64. The molecule has 0 saturated carbocycles. The Morgan fingerprint density at radius 1 is 1.33 bits per heavy atom. The number of hydrogen-bond acceptors (Lipinski definition) is 2. The Hall–Kier alpha value is -1.61. The fourth-order valence-electron chi connectivity index (χ4n) is 1.91. The molecule has 78 valence electrons. The van der Waals surface area contributed by atoms with Crippen LogP contribution in [0.1, 0.15) is 11.3 Å². The summed E-state index contributed by atoms with van der Waals surface area (Å²) in [5.41, 5.74) is 8.46. The van der Waals surface area contributed by atoms with Crippen molar-refractivity contribution in [1.29, 1.82) is 0 Å². The van der Waals surface area contributed by atoms with E-state index in [0.29, 0.717) is 12.1 Å². The summed E-state index contributed by atoms with van der Waals surface area (Å²) in [6.07, 6.45) is 0.801. The number of aromatic amines is 1. The van der Waals surface area contributed by atoms with Crippen LogP contribution in [0.4, 0.5) is 0 Å². The lowest BCUT2D eigenvalue weighted by Gasteiger charge is -1.96. The van der Waals surface area contributed by atoms with Crippen LogP contribution in [0, 0.1) is 6.92 Å². The van der Waals surface area contributed by atoms with Gasteiger partial charge in [0, 0.05) is 11.1 Å². The van der Waals surface area contributed by atoms with E-state index in [9.17, 15) is 4.79 Å². The third-order valence-corrected chi connectivity index (χ3v) is 2.62. The summed E-state index contributed by atoms with van der Waals surface area (Å²) in [4.78, 5) is 14.8. The van der Waals surface area contributed by atoms with Crippen LogP contribution in [0.15, 0.2) is 29.1 Å². The van der Waals surface area contributed by atoms with Gasteiger partial charge in [0.25, 0.3) is 0 Å². The number of H-pyrrole nitrogens is 1. The Morgan fingerprint density at radius 2 is 2.07 bits per heavy atom. The van der Waals surface area contributed by atoms with Gasteiger partial charge in [-0.15, -0.1) is 0 Å². The summed E-state index contributed by atoms with van der Waals surface area (Å²) in [7, 11) is 0. The van der Waals surface area contributed by atoms with E-state index in [0.717, 1.165) is 23.1 Å². The first kappa shape index (κ1) is 9.93. The standard InChI is InChI=1S/C12H14N2O/c1-8-9(6-7-13)10-4-2-3-5-11(15)12(10)14-8/h2-5,14H,6-7,13H2,1H3. The zero-order chi connectivity index (χ0) is 10.8. The maximum Gasteiger partial charge on any atom is 0.202 e. The molecule has 3 heteroatoms. The Kier molecular flexibility index (Phi) is 2.56. The molecule has 0 aliphatic rings. The number of nitrogens with two attached hydrogens (primary N) is 1. The lowest BCUT2D eigenvalue weighted by molar-refractivity contribution is 0.963.